The molecule has 1 atom stereocenters. The number of anilines is 1. The Morgan fingerprint density at radius 3 is 2.68 bits per heavy atom. The van der Waals surface area contributed by atoms with Crippen molar-refractivity contribution in [2.24, 2.45) is 0 Å². The summed E-state index contributed by atoms with van der Waals surface area (Å²) >= 11 is 6.09. The summed E-state index contributed by atoms with van der Waals surface area (Å²) in [5.41, 5.74) is 6.69. The maximum atomic E-state index is 12.9. The predicted octanol–water partition coefficient (Wildman–Crippen LogP) is 2.26. The Morgan fingerprint density at radius 2 is 2.04 bits per heavy atom. The third-order valence-electron chi connectivity index (χ3n) is 5.09. The highest BCUT2D eigenvalue weighted by molar-refractivity contribution is 6.33. The highest BCUT2D eigenvalue weighted by Gasteiger charge is 2.30. The summed E-state index contributed by atoms with van der Waals surface area (Å²) in [5.74, 6) is 0.420. The average Bonchev–Trinajstić information content (AvgIpc) is 2.63. The van der Waals surface area contributed by atoms with Crippen LogP contribution < -0.4 is 10.5 Å². The van der Waals surface area contributed by atoms with Crippen LogP contribution in [-0.2, 0) is 4.74 Å². The first-order valence-corrected chi connectivity index (χ1v) is 9.15. The van der Waals surface area contributed by atoms with Gasteiger partial charge in [-0.1, -0.05) is 11.6 Å². The van der Waals surface area contributed by atoms with E-state index in [1.165, 1.54) is 7.11 Å². The number of benzene rings is 1. The number of amides is 1. The predicted molar refractivity (Wildman–Crippen MR) is 98.3 cm³/mol. The third kappa shape index (κ3) is 4.02. The zero-order chi connectivity index (χ0) is 18.0. The van der Waals surface area contributed by atoms with Crippen LogP contribution >= 0.6 is 11.6 Å². The number of hydrogen-bond donors (Lipinski definition) is 1. The fourth-order valence-corrected chi connectivity index (χ4v) is 3.85. The molecular weight excluding hydrogens is 342 g/mol. The van der Waals surface area contributed by atoms with Gasteiger partial charge in [-0.25, -0.2) is 0 Å². The Balaban J connectivity index is 1.65. The lowest BCUT2D eigenvalue weighted by Crippen LogP contribution is -2.51. The van der Waals surface area contributed by atoms with E-state index in [4.69, 9.17) is 26.8 Å². The minimum Gasteiger partial charge on any atom is -0.496 e. The van der Waals surface area contributed by atoms with Crippen molar-refractivity contribution in [1.82, 2.24) is 9.80 Å². The topological polar surface area (TPSA) is 68.0 Å². The smallest absolute Gasteiger partial charge is 0.257 e. The second-order valence-corrected chi connectivity index (χ2v) is 7.18. The highest BCUT2D eigenvalue weighted by Crippen LogP contribution is 2.30. The van der Waals surface area contributed by atoms with E-state index in [1.54, 1.807) is 12.1 Å². The zero-order valence-corrected chi connectivity index (χ0v) is 15.6. The lowest BCUT2D eigenvalue weighted by atomic mass is 10.0. The molecule has 1 amide bonds. The van der Waals surface area contributed by atoms with E-state index < -0.39 is 0 Å². The van der Waals surface area contributed by atoms with E-state index in [1.807, 2.05) is 4.90 Å². The first-order valence-electron chi connectivity index (χ1n) is 8.77. The molecule has 0 bridgehead atoms. The first-order chi connectivity index (χ1) is 12.0. The monoisotopic (exact) mass is 367 g/mol. The number of likely N-dealkylation sites (tertiary alicyclic amines) is 1. The molecule has 2 fully saturated rings. The van der Waals surface area contributed by atoms with E-state index in [0.29, 0.717) is 28.1 Å². The van der Waals surface area contributed by atoms with Crippen molar-refractivity contribution in [3.8, 4) is 5.75 Å². The molecular formula is C18H26ClN3O3. The van der Waals surface area contributed by atoms with Crippen molar-refractivity contribution in [2.75, 3.05) is 45.6 Å². The summed E-state index contributed by atoms with van der Waals surface area (Å²) in [7, 11) is 1.53. The fourth-order valence-electron chi connectivity index (χ4n) is 3.69. The number of halogens is 1. The SMILES string of the molecule is COc1cc(N)c(Cl)cc1C(=O)N1CCC(N2CCOC(C)C2)CC1. The Hall–Kier alpha value is -1.50. The Bertz CT molecular complexity index is 632. The van der Waals surface area contributed by atoms with Crippen molar-refractivity contribution in [3.05, 3.63) is 22.7 Å². The number of nitrogens with zero attached hydrogens (tertiary/aromatic N) is 2. The van der Waals surface area contributed by atoms with Gasteiger partial charge in [0.2, 0.25) is 0 Å². The standard InChI is InChI=1S/C18H26ClN3O3/c1-12-11-22(7-8-25-12)13-3-5-21(6-4-13)18(23)14-9-15(19)16(20)10-17(14)24-2/h9-10,12-13H,3-8,11,20H2,1-2H3. The molecule has 3 rings (SSSR count). The van der Waals surface area contributed by atoms with E-state index in [2.05, 4.69) is 11.8 Å². The van der Waals surface area contributed by atoms with Crippen molar-refractivity contribution in [2.45, 2.75) is 31.9 Å². The number of rotatable bonds is 3. The van der Waals surface area contributed by atoms with Crippen LogP contribution in [0.3, 0.4) is 0 Å². The van der Waals surface area contributed by atoms with Gasteiger partial charge in [-0.2, -0.15) is 0 Å². The van der Waals surface area contributed by atoms with Crippen LogP contribution in [0.5, 0.6) is 5.75 Å². The molecule has 138 valence electrons. The highest BCUT2D eigenvalue weighted by atomic mass is 35.5. The summed E-state index contributed by atoms with van der Waals surface area (Å²) in [6, 6.07) is 3.73. The fraction of sp³-hybridized carbons (Fsp3) is 0.611. The van der Waals surface area contributed by atoms with Crippen molar-refractivity contribution in [1.29, 1.82) is 0 Å². The second-order valence-electron chi connectivity index (χ2n) is 6.77. The molecule has 2 heterocycles. The summed E-state index contributed by atoms with van der Waals surface area (Å²) in [5, 5.41) is 0.376. The van der Waals surface area contributed by atoms with Crippen LogP contribution in [0.25, 0.3) is 0 Å². The number of carbonyl (C=O) groups excluding carboxylic acids is 1. The quantitative estimate of drug-likeness (QED) is 0.830. The van der Waals surface area contributed by atoms with E-state index in [9.17, 15) is 4.79 Å². The summed E-state index contributed by atoms with van der Waals surface area (Å²) < 4.78 is 10.9. The molecule has 2 aliphatic heterocycles. The number of morpholine rings is 1. The number of nitrogen functional groups attached to an aromatic ring is 1. The van der Waals surface area contributed by atoms with E-state index in [-0.39, 0.29) is 12.0 Å². The lowest BCUT2D eigenvalue weighted by Gasteiger charge is -2.41. The van der Waals surface area contributed by atoms with Gasteiger partial charge in [-0.15, -0.1) is 0 Å². The maximum absolute atomic E-state index is 12.9. The van der Waals surface area contributed by atoms with Gasteiger partial charge in [0, 0.05) is 38.3 Å². The van der Waals surface area contributed by atoms with Gasteiger partial charge in [-0.05, 0) is 25.8 Å². The third-order valence-corrected chi connectivity index (χ3v) is 5.42. The summed E-state index contributed by atoms with van der Waals surface area (Å²) in [4.78, 5) is 17.3. The molecule has 1 unspecified atom stereocenters. The number of methoxy groups -OCH3 is 1. The molecule has 25 heavy (non-hydrogen) atoms. The average molecular weight is 368 g/mol. The molecule has 7 heteroatoms. The van der Waals surface area contributed by atoms with Crippen molar-refractivity contribution >= 4 is 23.2 Å². The van der Waals surface area contributed by atoms with Gasteiger partial charge in [0.25, 0.3) is 5.91 Å². The first kappa shape index (κ1) is 18.3. The Morgan fingerprint density at radius 1 is 1.32 bits per heavy atom. The van der Waals surface area contributed by atoms with Crippen LogP contribution in [0.2, 0.25) is 5.02 Å². The zero-order valence-electron chi connectivity index (χ0n) is 14.8. The minimum atomic E-state index is -0.0486. The van der Waals surface area contributed by atoms with Gasteiger partial charge < -0.3 is 20.1 Å². The number of carbonyl (C=O) groups is 1. The molecule has 0 aliphatic carbocycles. The molecule has 1 aromatic rings. The van der Waals surface area contributed by atoms with Crippen LogP contribution in [0, 0.1) is 0 Å². The molecule has 0 saturated carbocycles. The maximum Gasteiger partial charge on any atom is 0.257 e. The minimum absolute atomic E-state index is 0.0486. The van der Waals surface area contributed by atoms with Gasteiger partial charge in [0.15, 0.2) is 0 Å². The number of hydrogen-bond acceptors (Lipinski definition) is 5. The van der Waals surface area contributed by atoms with E-state index in [0.717, 1.165) is 45.6 Å². The molecule has 0 spiro atoms. The van der Waals surface area contributed by atoms with Gasteiger partial charge in [0.1, 0.15) is 5.75 Å². The van der Waals surface area contributed by atoms with Gasteiger partial charge in [-0.3, -0.25) is 9.69 Å². The van der Waals surface area contributed by atoms with Crippen LogP contribution in [0.15, 0.2) is 12.1 Å². The Labute approximate surface area is 153 Å². The Kier molecular flexibility index (Phi) is 5.71. The normalized spacial score (nSPS) is 22.8. The number of nitrogens with two attached hydrogens (primary N) is 1. The van der Waals surface area contributed by atoms with Gasteiger partial charge in [0.05, 0.1) is 36.1 Å². The lowest BCUT2D eigenvalue weighted by molar-refractivity contribution is -0.0423. The van der Waals surface area contributed by atoms with Crippen molar-refractivity contribution in [3.63, 3.8) is 0 Å². The molecule has 6 nitrogen and oxygen atoms in total. The molecule has 2 N–H and O–H groups in total. The van der Waals surface area contributed by atoms with Crippen LogP contribution in [0.4, 0.5) is 5.69 Å². The van der Waals surface area contributed by atoms with Crippen LogP contribution in [-0.4, -0.2) is 67.7 Å². The number of ether oxygens (including phenoxy) is 2. The molecule has 2 aliphatic rings. The number of piperidine rings is 1. The molecule has 0 aromatic heterocycles. The second kappa shape index (κ2) is 7.81. The molecule has 0 radical (unpaired) electrons. The van der Waals surface area contributed by atoms with Gasteiger partial charge >= 0.3 is 0 Å². The van der Waals surface area contributed by atoms with Crippen LogP contribution in [0.1, 0.15) is 30.1 Å². The summed E-state index contributed by atoms with van der Waals surface area (Å²) in [6.45, 7) is 6.33. The van der Waals surface area contributed by atoms with Crippen molar-refractivity contribution < 1.29 is 14.3 Å². The summed E-state index contributed by atoms with van der Waals surface area (Å²) in [6.07, 6.45) is 2.24. The molecule has 1 aromatic carbocycles. The molecule has 2 saturated heterocycles. The van der Waals surface area contributed by atoms with E-state index >= 15 is 0 Å². The largest absolute Gasteiger partial charge is 0.496 e.